The molecule has 0 aliphatic carbocycles. The highest BCUT2D eigenvalue weighted by molar-refractivity contribution is 5.71. The van der Waals surface area contributed by atoms with Crippen molar-refractivity contribution in [3.8, 4) is 0 Å². The smallest absolute Gasteiger partial charge is 0.308 e. The highest BCUT2D eigenvalue weighted by Gasteiger charge is 2.26. The molecule has 22 heavy (non-hydrogen) atoms. The number of carboxylic acid groups (broad SMARTS) is 1. The number of hydrogen-bond donors (Lipinski definition) is 2. The monoisotopic (exact) mass is 298 g/mol. The van der Waals surface area contributed by atoms with Gasteiger partial charge in [-0.1, -0.05) is 18.2 Å². The molecule has 1 aliphatic heterocycles. The molecule has 2 heterocycles. The Morgan fingerprint density at radius 2 is 2.09 bits per heavy atom. The van der Waals surface area contributed by atoms with Crippen LogP contribution in [-0.4, -0.2) is 34.1 Å². The second-order valence-electron chi connectivity index (χ2n) is 5.38. The van der Waals surface area contributed by atoms with Gasteiger partial charge in [0, 0.05) is 24.8 Å². The largest absolute Gasteiger partial charge is 0.481 e. The quantitative estimate of drug-likeness (QED) is 0.903. The molecule has 0 amide bonds. The summed E-state index contributed by atoms with van der Waals surface area (Å²) >= 11 is 0. The lowest BCUT2D eigenvalue weighted by Crippen LogP contribution is -2.39. The molecule has 6 heteroatoms. The molecule has 3 rings (SSSR count). The van der Waals surface area contributed by atoms with Crippen molar-refractivity contribution in [3.63, 3.8) is 0 Å². The van der Waals surface area contributed by atoms with Gasteiger partial charge in [0.2, 0.25) is 0 Å². The molecule has 1 aromatic heterocycles. The summed E-state index contributed by atoms with van der Waals surface area (Å²) in [4.78, 5) is 21.7. The lowest BCUT2D eigenvalue weighted by atomic mass is 9.98. The Kier molecular flexibility index (Phi) is 4.18. The fourth-order valence-electron chi connectivity index (χ4n) is 2.64. The lowest BCUT2D eigenvalue weighted by Gasteiger charge is -2.31. The molecule has 6 nitrogen and oxygen atoms in total. The van der Waals surface area contributed by atoms with E-state index in [2.05, 4.69) is 15.3 Å². The Morgan fingerprint density at radius 3 is 2.86 bits per heavy atom. The molecule has 0 bridgehead atoms. The summed E-state index contributed by atoms with van der Waals surface area (Å²) in [6.07, 6.45) is 3.10. The van der Waals surface area contributed by atoms with Crippen LogP contribution in [0.4, 0.5) is 17.3 Å². The van der Waals surface area contributed by atoms with Gasteiger partial charge in [-0.3, -0.25) is 4.79 Å². The number of anilines is 3. The minimum Gasteiger partial charge on any atom is -0.481 e. The minimum atomic E-state index is -0.735. The number of nitrogens with one attached hydrogen (secondary N) is 1. The summed E-state index contributed by atoms with van der Waals surface area (Å²) in [6, 6.07) is 11.6. The van der Waals surface area contributed by atoms with Crippen molar-refractivity contribution < 1.29 is 9.90 Å². The van der Waals surface area contributed by atoms with E-state index < -0.39 is 5.97 Å². The van der Waals surface area contributed by atoms with Crippen molar-refractivity contribution >= 4 is 23.3 Å². The van der Waals surface area contributed by atoms with E-state index in [1.165, 1.54) is 6.33 Å². The minimum absolute atomic E-state index is 0.325. The van der Waals surface area contributed by atoms with Crippen LogP contribution in [0.1, 0.15) is 12.8 Å². The number of carbonyl (C=O) groups is 1. The van der Waals surface area contributed by atoms with Crippen LogP contribution in [0, 0.1) is 5.92 Å². The maximum atomic E-state index is 11.2. The topological polar surface area (TPSA) is 78.4 Å². The van der Waals surface area contributed by atoms with Gasteiger partial charge in [-0.2, -0.15) is 0 Å². The third-order valence-corrected chi connectivity index (χ3v) is 3.79. The van der Waals surface area contributed by atoms with E-state index in [1.54, 1.807) is 0 Å². The van der Waals surface area contributed by atoms with Crippen molar-refractivity contribution in [1.29, 1.82) is 0 Å². The molecule has 0 radical (unpaired) electrons. The molecule has 2 N–H and O–H groups in total. The van der Waals surface area contributed by atoms with Crippen LogP contribution < -0.4 is 10.2 Å². The van der Waals surface area contributed by atoms with Crippen molar-refractivity contribution in [2.75, 3.05) is 23.3 Å². The molecule has 1 saturated heterocycles. The number of aliphatic carboxylic acids is 1. The zero-order valence-electron chi connectivity index (χ0n) is 12.1. The molecule has 1 atom stereocenters. The maximum Gasteiger partial charge on any atom is 0.308 e. The van der Waals surface area contributed by atoms with Crippen molar-refractivity contribution in [3.05, 3.63) is 42.7 Å². The summed E-state index contributed by atoms with van der Waals surface area (Å²) in [5.41, 5.74) is 0.953. The van der Waals surface area contributed by atoms with Crippen LogP contribution in [-0.2, 0) is 4.79 Å². The van der Waals surface area contributed by atoms with Crippen molar-refractivity contribution in [2.24, 2.45) is 5.92 Å². The van der Waals surface area contributed by atoms with E-state index in [0.29, 0.717) is 12.4 Å². The predicted octanol–water partition coefficient (Wildman–Crippen LogP) is 2.52. The van der Waals surface area contributed by atoms with E-state index >= 15 is 0 Å². The van der Waals surface area contributed by atoms with E-state index in [-0.39, 0.29) is 5.92 Å². The molecule has 0 unspecified atom stereocenters. The molecule has 0 saturated carbocycles. The lowest BCUT2D eigenvalue weighted by molar-refractivity contribution is -0.141. The fourth-order valence-corrected chi connectivity index (χ4v) is 2.64. The Hall–Kier alpha value is -2.63. The van der Waals surface area contributed by atoms with Crippen LogP contribution >= 0.6 is 0 Å². The molecular weight excluding hydrogens is 280 g/mol. The van der Waals surface area contributed by atoms with Gasteiger partial charge < -0.3 is 15.3 Å². The summed E-state index contributed by atoms with van der Waals surface area (Å²) in [6.45, 7) is 1.32. The van der Waals surface area contributed by atoms with E-state index in [0.717, 1.165) is 30.9 Å². The Morgan fingerprint density at radius 1 is 1.27 bits per heavy atom. The summed E-state index contributed by atoms with van der Waals surface area (Å²) in [7, 11) is 0. The molecule has 1 fully saturated rings. The van der Waals surface area contributed by atoms with Gasteiger partial charge in [0.05, 0.1) is 5.92 Å². The molecule has 1 aromatic carbocycles. The van der Waals surface area contributed by atoms with Crippen molar-refractivity contribution in [1.82, 2.24) is 9.97 Å². The van der Waals surface area contributed by atoms with Crippen LogP contribution in [0.25, 0.3) is 0 Å². The zero-order chi connectivity index (χ0) is 15.4. The van der Waals surface area contributed by atoms with E-state index in [1.807, 2.05) is 41.3 Å². The molecule has 1 aliphatic rings. The van der Waals surface area contributed by atoms with Crippen LogP contribution in [0.3, 0.4) is 0 Å². The normalized spacial score (nSPS) is 18.0. The first-order valence-corrected chi connectivity index (χ1v) is 7.34. The van der Waals surface area contributed by atoms with Gasteiger partial charge in [-0.25, -0.2) is 9.97 Å². The molecule has 114 valence electrons. The van der Waals surface area contributed by atoms with Gasteiger partial charge in [0.1, 0.15) is 18.0 Å². The number of para-hydroxylation sites is 1. The summed E-state index contributed by atoms with van der Waals surface area (Å²) in [5, 5.41) is 12.4. The maximum absolute atomic E-state index is 11.2. The first kappa shape index (κ1) is 14.3. The fraction of sp³-hybridized carbons (Fsp3) is 0.312. The Bertz CT molecular complexity index is 648. The molecule has 0 spiro atoms. The Labute approximate surface area is 128 Å². The van der Waals surface area contributed by atoms with Crippen molar-refractivity contribution in [2.45, 2.75) is 12.8 Å². The summed E-state index contributed by atoms with van der Waals surface area (Å²) < 4.78 is 0. The van der Waals surface area contributed by atoms with Crippen LogP contribution in [0.5, 0.6) is 0 Å². The van der Waals surface area contributed by atoms with Gasteiger partial charge in [-0.05, 0) is 25.0 Å². The van der Waals surface area contributed by atoms with E-state index in [9.17, 15) is 9.90 Å². The van der Waals surface area contributed by atoms with Gasteiger partial charge >= 0.3 is 5.97 Å². The Balaban J connectivity index is 1.75. The molecular formula is C16H18N4O2. The van der Waals surface area contributed by atoms with Crippen LogP contribution in [0.15, 0.2) is 42.7 Å². The first-order chi connectivity index (χ1) is 10.7. The second kappa shape index (κ2) is 6.43. The number of hydrogen-bond acceptors (Lipinski definition) is 5. The number of rotatable bonds is 4. The standard InChI is InChI=1S/C16H18N4O2/c21-16(22)12-5-4-8-20(10-12)15-9-14(17-11-18-15)19-13-6-2-1-3-7-13/h1-3,6-7,9,11-12H,4-5,8,10H2,(H,21,22)(H,17,18,19)/t12-/m1/s1. The van der Waals surface area contributed by atoms with Gasteiger partial charge in [0.15, 0.2) is 0 Å². The predicted molar refractivity (Wildman–Crippen MR) is 84.3 cm³/mol. The van der Waals surface area contributed by atoms with Crippen LogP contribution in [0.2, 0.25) is 0 Å². The number of aromatic nitrogens is 2. The first-order valence-electron chi connectivity index (χ1n) is 7.34. The number of carboxylic acids is 1. The third-order valence-electron chi connectivity index (χ3n) is 3.79. The highest BCUT2D eigenvalue weighted by atomic mass is 16.4. The number of piperidine rings is 1. The second-order valence-corrected chi connectivity index (χ2v) is 5.38. The zero-order valence-corrected chi connectivity index (χ0v) is 12.1. The van der Waals surface area contributed by atoms with Gasteiger partial charge in [0.25, 0.3) is 0 Å². The average molecular weight is 298 g/mol. The molecule has 2 aromatic rings. The third kappa shape index (κ3) is 3.33. The SMILES string of the molecule is O=C(O)[C@@H]1CCCN(c2cc(Nc3ccccc3)ncn2)C1. The number of nitrogens with zero attached hydrogens (tertiary/aromatic N) is 3. The number of benzene rings is 1. The summed E-state index contributed by atoms with van der Waals surface area (Å²) in [5.74, 6) is 0.406. The highest BCUT2D eigenvalue weighted by Crippen LogP contribution is 2.24. The average Bonchev–Trinajstić information content (AvgIpc) is 2.56. The van der Waals surface area contributed by atoms with E-state index in [4.69, 9.17) is 0 Å². The van der Waals surface area contributed by atoms with Gasteiger partial charge in [-0.15, -0.1) is 0 Å².